The first kappa shape index (κ1) is 25.9. The summed E-state index contributed by atoms with van der Waals surface area (Å²) in [4.78, 5) is 37.6. The summed E-state index contributed by atoms with van der Waals surface area (Å²) in [5.74, 6) is -0.612. The zero-order valence-electron chi connectivity index (χ0n) is 20.6. The van der Waals surface area contributed by atoms with E-state index in [1.165, 1.54) is 19.2 Å². The number of alkyl halides is 3. The van der Waals surface area contributed by atoms with Crippen LogP contribution in [0, 0.1) is 6.92 Å². The summed E-state index contributed by atoms with van der Waals surface area (Å²) in [6, 6.07) is -0.236. The molecule has 5 rings (SSSR count). The Morgan fingerprint density at radius 2 is 1.86 bits per heavy atom. The number of carbonyl (C=O) groups excluding carboxylic acids is 2. The van der Waals surface area contributed by atoms with Crippen molar-refractivity contribution in [3.63, 3.8) is 0 Å². The zero-order chi connectivity index (χ0) is 26.5. The topological polar surface area (TPSA) is 107 Å². The fraction of sp³-hybridized carbons (Fsp3) is 0.600. The van der Waals surface area contributed by atoms with E-state index in [4.69, 9.17) is 0 Å². The van der Waals surface area contributed by atoms with Crippen LogP contribution in [0.2, 0.25) is 0 Å². The Labute approximate surface area is 216 Å². The Balaban J connectivity index is 1.47. The summed E-state index contributed by atoms with van der Waals surface area (Å²) in [5, 5.41) is 15.2. The number of nitrogens with zero attached hydrogens (tertiary/aromatic N) is 3. The number of aliphatic hydroxyl groups is 1. The number of nitrogens with one attached hydrogen (secondary N) is 2. The minimum Gasteiger partial charge on any atom is -0.391 e. The molecule has 3 fully saturated rings. The summed E-state index contributed by atoms with van der Waals surface area (Å²) >= 11 is 1.06. The number of fused-ring (bicyclic) bond motifs is 2. The van der Waals surface area contributed by atoms with Gasteiger partial charge >= 0.3 is 6.18 Å². The van der Waals surface area contributed by atoms with Crippen molar-refractivity contribution in [1.29, 1.82) is 0 Å². The number of hydrogen-bond donors (Lipinski definition) is 3. The third-order valence-corrected chi connectivity index (χ3v) is 8.83. The van der Waals surface area contributed by atoms with Crippen LogP contribution in [0.15, 0.2) is 12.3 Å². The van der Waals surface area contributed by atoms with Gasteiger partial charge in [0, 0.05) is 23.8 Å². The van der Waals surface area contributed by atoms with Gasteiger partial charge < -0.3 is 20.6 Å². The Bertz CT molecular complexity index is 1180. The van der Waals surface area contributed by atoms with Crippen LogP contribution in [0.3, 0.4) is 0 Å². The van der Waals surface area contributed by atoms with E-state index in [9.17, 15) is 27.9 Å². The van der Waals surface area contributed by atoms with Gasteiger partial charge in [0.2, 0.25) is 0 Å². The van der Waals surface area contributed by atoms with E-state index in [1.54, 1.807) is 6.92 Å². The molecule has 0 aromatic carbocycles. The maximum Gasteiger partial charge on any atom is 0.408 e. The van der Waals surface area contributed by atoms with Gasteiger partial charge in [-0.15, -0.1) is 11.3 Å². The average Bonchev–Trinajstić information content (AvgIpc) is 3.58. The molecule has 200 valence electrons. The third-order valence-electron chi connectivity index (χ3n) is 7.75. The molecule has 37 heavy (non-hydrogen) atoms. The molecule has 2 aliphatic heterocycles. The Kier molecular flexibility index (Phi) is 6.90. The van der Waals surface area contributed by atoms with Gasteiger partial charge in [-0.25, -0.2) is 9.97 Å². The predicted octanol–water partition coefficient (Wildman–Crippen LogP) is 4.29. The highest BCUT2D eigenvalue weighted by Crippen LogP contribution is 2.41. The number of halogens is 3. The number of hydrogen-bond acceptors (Lipinski definition) is 7. The Morgan fingerprint density at radius 1 is 1.19 bits per heavy atom. The molecule has 2 saturated heterocycles. The quantitative estimate of drug-likeness (QED) is 0.487. The first-order valence-electron chi connectivity index (χ1n) is 12.7. The van der Waals surface area contributed by atoms with Crippen LogP contribution in [-0.4, -0.2) is 68.2 Å². The zero-order valence-corrected chi connectivity index (χ0v) is 21.5. The maximum atomic E-state index is 13.7. The highest BCUT2D eigenvalue weighted by Gasteiger charge is 2.44. The van der Waals surface area contributed by atoms with Crippen molar-refractivity contribution in [1.82, 2.24) is 20.2 Å². The molecule has 2 aromatic heterocycles. The molecule has 0 spiro atoms. The van der Waals surface area contributed by atoms with Crippen molar-refractivity contribution in [3.8, 4) is 10.4 Å². The number of amides is 2. The lowest BCUT2D eigenvalue weighted by Crippen LogP contribution is -2.50. The first-order chi connectivity index (χ1) is 17.6. The molecular weight excluding hydrogens is 507 g/mol. The summed E-state index contributed by atoms with van der Waals surface area (Å²) < 4.78 is 39.7. The second-order valence-electron chi connectivity index (χ2n) is 10.1. The molecule has 2 amide bonds. The molecule has 3 N–H and O–H groups in total. The van der Waals surface area contributed by atoms with E-state index in [0.29, 0.717) is 28.8 Å². The van der Waals surface area contributed by atoms with E-state index in [0.717, 1.165) is 37.0 Å². The van der Waals surface area contributed by atoms with Crippen LogP contribution < -0.4 is 10.6 Å². The van der Waals surface area contributed by atoms with Crippen molar-refractivity contribution < 1.29 is 27.9 Å². The number of thiazole rings is 1. The van der Waals surface area contributed by atoms with Gasteiger partial charge in [0.25, 0.3) is 11.8 Å². The molecule has 8 nitrogen and oxygen atoms in total. The molecule has 1 saturated carbocycles. The van der Waals surface area contributed by atoms with Crippen molar-refractivity contribution in [2.45, 2.75) is 95.2 Å². The van der Waals surface area contributed by atoms with Crippen molar-refractivity contribution in [3.05, 3.63) is 28.5 Å². The number of anilines is 1. The van der Waals surface area contributed by atoms with Crippen LogP contribution in [0.1, 0.15) is 77.7 Å². The summed E-state index contributed by atoms with van der Waals surface area (Å²) in [6.45, 7) is 3.18. The molecule has 0 unspecified atom stereocenters. The van der Waals surface area contributed by atoms with E-state index in [-0.39, 0.29) is 47.0 Å². The molecule has 4 heterocycles. The lowest BCUT2D eigenvalue weighted by atomic mass is 9.89. The second-order valence-corrected chi connectivity index (χ2v) is 11.1. The summed E-state index contributed by atoms with van der Waals surface area (Å²) in [6.07, 6.45) is 1.35. The summed E-state index contributed by atoms with van der Waals surface area (Å²) in [5.41, 5.74) is 1.31. The fourth-order valence-corrected chi connectivity index (χ4v) is 6.49. The van der Waals surface area contributed by atoms with E-state index < -0.39 is 24.2 Å². The minimum atomic E-state index is -4.41. The van der Waals surface area contributed by atoms with E-state index in [1.807, 2.05) is 4.90 Å². The van der Waals surface area contributed by atoms with Crippen LogP contribution in [0.25, 0.3) is 10.4 Å². The SMILES string of the molecule is CC[C@H](Nc1cc(C)c(-c2sc(C(=O)N[C@@H]3CC[C@H]3O)nc2C(=O)N2C3CCC2CC3)cn1)C(F)(F)F. The second kappa shape index (κ2) is 9.86. The lowest BCUT2D eigenvalue weighted by Gasteiger charge is -2.32. The number of pyridine rings is 1. The lowest BCUT2D eigenvalue weighted by molar-refractivity contribution is -0.142. The first-order valence-corrected chi connectivity index (χ1v) is 13.5. The van der Waals surface area contributed by atoms with Gasteiger partial charge in [-0.05, 0) is 63.5 Å². The number of carbonyl (C=O) groups is 2. The predicted molar refractivity (Wildman–Crippen MR) is 133 cm³/mol. The highest BCUT2D eigenvalue weighted by molar-refractivity contribution is 7.17. The van der Waals surface area contributed by atoms with Gasteiger partial charge in [0.15, 0.2) is 5.01 Å². The number of aromatic nitrogens is 2. The monoisotopic (exact) mass is 537 g/mol. The van der Waals surface area contributed by atoms with Crippen LogP contribution >= 0.6 is 11.3 Å². The van der Waals surface area contributed by atoms with Crippen molar-refractivity contribution >= 4 is 29.0 Å². The number of rotatable bonds is 7. The van der Waals surface area contributed by atoms with Crippen LogP contribution in [0.5, 0.6) is 0 Å². The largest absolute Gasteiger partial charge is 0.408 e. The number of aliphatic hydroxyl groups excluding tert-OH is 1. The third kappa shape index (κ3) is 4.93. The Morgan fingerprint density at radius 3 is 2.38 bits per heavy atom. The fourth-order valence-electron chi connectivity index (χ4n) is 5.46. The summed E-state index contributed by atoms with van der Waals surface area (Å²) in [7, 11) is 0. The van der Waals surface area contributed by atoms with Gasteiger partial charge in [0.1, 0.15) is 17.6 Å². The van der Waals surface area contributed by atoms with E-state index in [2.05, 4.69) is 20.6 Å². The molecule has 2 aromatic rings. The van der Waals surface area contributed by atoms with Crippen molar-refractivity contribution in [2.75, 3.05) is 5.32 Å². The minimum absolute atomic E-state index is 0.0809. The van der Waals surface area contributed by atoms with Gasteiger partial charge in [0.05, 0.1) is 17.0 Å². The molecule has 0 radical (unpaired) electrons. The normalized spacial score (nSPS) is 25.6. The molecule has 1 aliphatic carbocycles. The maximum absolute atomic E-state index is 13.7. The van der Waals surface area contributed by atoms with Crippen molar-refractivity contribution in [2.24, 2.45) is 0 Å². The number of aryl methyl sites for hydroxylation is 1. The average molecular weight is 538 g/mol. The van der Waals surface area contributed by atoms with Gasteiger partial charge in [-0.1, -0.05) is 6.92 Å². The Hall–Kier alpha value is -2.73. The molecule has 2 bridgehead atoms. The van der Waals surface area contributed by atoms with Crippen LogP contribution in [0.4, 0.5) is 19.0 Å². The standard InChI is InChI=1S/C25H30F3N5O3S/c1-3-18(25(26,27)28)31-19-10-12(2)15(11-29-19)21-20(24(36)33-13-4-5-14(33)7-6-13)32-23(37-21)22(35)30-16-8-9-17(16)34/h10-11,13-14,16-18,34H,3-9H2,1-2H3,(H,29,31)(H,30,35)/t13?,14?,16-,17-,18+/m1/s1. The van der Waals surface area contributed by atoms with Gasteiger partial charge in [-0.2, -0.15) is 13.2 Å². The molecular formula is C25H30F3N5O3S. The molecule has 12 heteroatoms. The molecule has 3 aliphatic rings. The van der Waals surface area contributed by atoms with E-state index >= 15 is 0 Å². The smallest absolute Gasteiger partial charge is 0.391 e. The highest BCUT2D eigenvalue weighted by atomic mass is 32.1. The van der Waals surface area contributed by atoms with Crippen LogP contribution in [-0.2, 0) is 0 Å². The van der Waals surface area contributed by atoms with Gasteiger partial charge in [-0.3, -0.25) is 9.59 Å². The molecule has 3 atom stereocenters.